The topological polar surface area (TPSA) is 61.0 Å². The maximum Gasteiger partial charge on any atom is 0.160 e. The van der Waals surface area contributed by atoms with E-state index in [1.165, 1.54) is 25.7 Å². The Morgan fingerprint density at radius 2 is 1.90 bits per heavy atom. The number of nitrogens with two attached hydrogens (primary N) is 1. The smallest absolute Gasteiger partial charge is 0.160 e. The van der Waals surface area contributed by atoms with Crippen molar-refractivity contribution in [1.82, 2.24) is 9.97 Å². The summed E-state index contributed by atoms with van der Waals surface area (Å²) in [5.74, 6) is 0.859. The van der Waals surface area contributed by atoms with Crippen molar-refractivity contribution >= 4 is 0 Å². The second-order valence-corrected chi connectivity index (χ2v) is 6.12. The van der Waals surface area contributed by atoms with Gasteiger partial charge in [-0.3, -0.25) is 0 Å². The summed E-state index contributed by atoms with van der Waals surface area (Å²) >= 11 is 0. The second-order valence-electron chi connectivity index (χ2n) is 6.12. The van der Waals surface area contributed by atoms with Gasteiger partial charge in [-0.25, -0.2) is 9.97 Å². The Labute approximate surface area is 122 Å². The molecule has 1 aliphatic rings. The first kappa shape index (κ1) is 15.4. The number of hydrogen-bond acceptors (Lipinski definition) is 4. The minimum absolute atomic E-state index is 0.116. The standard InChI is InChI=1S/C16H27N3O/c1-12(17)10-14-11-13(2)18-15(19-14)16(20-3)8-6-4-5-7-9-16/h11-12H,4-10,17H2,1-3H3. The number of nitrogens with zero attached hydrogens (tertiary/aromatic N) is 2. The fraction of sp³-hybridized carbons (Fsp3) is 0.750. The Balaban J connectivity index is 2.35. The highest BCUT2D eigenvalue weighted by atomic mass is 16.5. The first-order chi connectivity index (χ1) is 9.55. The molecule has 0 radical (unpaired) electrons. The summed E-state index contributed by atoms with van der Waals surface area (Å²) in [7, 11) is 1.79. The van der Waals surface area contributed by atoms with Gasteiger partial charge >= 0.3 is 0 Å². The van der Waals surface area contributed by atoms with Crippen molar-refractivity contribution in [3.05, 3.63) is 23.3 Å². The summed E-state index contributed by atoms with van der Waals surface area (Å²) in [6, 6.07) is 2.15. The van der Waals surface area contributed by atoms with Crippen molar-refractivity contribution < 1.29 is 4.74 Å². The first-order valence-electron chi connectivity index (χ1n) is 7.71. The molecule has 4 nitrogen and oxygen atoms in total. The molecule has 1 fully saturated rings. The summed E-state index contributed by atoms with van der Waals surface area (Å²) in [5, 5.41) is 0. The van der Waals surface area contributed by atoms with Gasteiger partial charge in [0.15, 0.2) is 5.82 Å². The van der Waals surface area contributed by atoms with E-state index in [0.29, 0.717) is 0 Å². The molecule has 2 N–H and O–H groups in total. The quantitative estimate of drug-likeness (QED) is 0.860. The highest BCUT2D eigenvalue weighted by Crippen LogP contribution is 2.37. The van der Waals surface area contributed by atoms with Gasteiger partial charge in [0, 0.05) is 31.0 Å². The molecular formula is C16H27N3O. The molecular weight excluding hydrogens is 250 g/mol. The molecule has 1 aromatic heterocycles. The third-order valence-electron chi connectivity index (χ3n) is 4.15. The lowest BCUT2D eigenvalue weighted by Crippen LogP contribution is -2.31. The Bertz CT molecular complexity index is 437. The molecule has 1 aromatic rings. The Morgan fingerprint density at radius 1 is 1.25 bits per heavy atom. The maximum atomic E-state index is 5.90. The summed E-state index contributed by atoms with van der Waals surface area (Å²) in [6.45, 7) is 4.03. The number of rotatable bonds is 4. The van der Waals surface area contributed by atoms with E-state index in [2.05, 4.69) is 4.98 Å². The molecule has 20 heavy (non-hydrogen) atoms. The minimum Gasteiger partial charge on any atom is -0.370 e. The van der Waals surface area contributed by atoms with Gasteiger partial charge in [-0.05, 0) is 32.8 Å². The molecule has 1 heterocycles. The number of aryl methyl sites for hydroxylation is 1. The molecule has 0 spiro atoms. The van der Waals surface area contributed by atoms with Crippen LogP contribution in [0.1, 0.15) is 62.7 Å². The van der Waals surface area contributed by atoms with Crippen molar-refractivity contribution in [2.75, 3.05) is 7.11 Å². The fourth-order valence-corrected chi connectivity index (χ4v) is 3.09. The lowest BCUT2D eigenvalue weighted by atomic mass is 9.92. The zero-order valence-electron chi connectivity index (χ0n) is 13.0. The summed E-state index contributed by atoms with van der Waals surface area (Å²) < 4.78 is 5.90. The van der Waals surface area contributed by atoms with E-state index in [9.17, 15) is 0 Å². The van der Waals surface area contributed by atoms with E-state index >= 15 is 0 Å². The van der Waals surface area contributed by atoms with Crippen LogP contribution in [0.3, 0.4) is 0 Å². The Morgan fingerprint density at radius 3 is 2.45 bits per heavy atom. The van der Waals surface area contributed by atoms with Crippen molar-refractivity contribution in [3.63, 3.8) is 0 Å². The molecule has 0 saturated heterocycles. The minimum atomic E-state index is -0.297. The van der Waals surface area contributed by atoms with Crippen LogP contribution in [0, 0.1) is 6.92 Å². The van der Waals surface area contributed by atoms with Crippen LogP contribution in [0.25, 0.3) is 0 Å². The predicted octanol–water partition coefficient (Wildman–Crippen LogP) is 2.87. The van der Waals surface area contributed by atoms with Gasteiger partial charge < -0.3 is 10.5 Å². The molecule has 4 heteroatoms. The van der Waals surface area contributed by atoms with E-state index in [1.807, 2.05) is 19.9 Å². The third kappa shape index (κ3) is 3.55. The summed E-state index contributed by atoms with van der Waals surface area (Å²) in [4.78, 5) is 9.44. The average Bonchev–Trinajstić information content (AvgIpc) is 2.63. The monoisotopic (exact) mass is 277 g/mol. The molecule has 0 amide bonds. The number of aromatic nitrogens is 2. The highest BCUT2D eigenvalue weighted by molar-refractivity contribution is 5.15. The number of ether oxygens (including phenoxy) is 1. The van der Waals surface area contributed by atoms with Crippen molar-refractivity contribution in [1.29, 1.82) is 0 Å². The maximum absolute atomic E-state index is 5.90. The molecule has 1 atom stereocenters. The van der Waals surface area contributed by atoms with Crippen LogP contribution in [0.15, 0.2) is 6.07 Å². The summed E-state index contributed by atoms with van der Waals surface area (Å²) in [5.41, 5.74) is 7.64. The van der Waals surface area contributed by atoms with Crippen LogP contribution in [0.4, 0.5) is 0 Å². The van der Waals surface area contributed by atoms with Gasteiger partial charge in [0.1, 0.15) is 5.60 Å². The molecule has 0 aromatic carbocycles. The van der Waals surface area contributed by atoms with Gasteiger partial charge in [0.2, 0.25) is 0 Å². The Kier molecular flexibility index (Phi) is 5.11. The second kappa shape index (κ2) is 6.64. The van der Waals surface area contributed by atoms with Gasteiger partial charge in [-0.15, -0.1) is 0 Å². The summed E-state index contributed by atoms with van der Waals surface area (Å²) in [6.07, 6.45) is 7.76. The normalized spacial score (nSPS) is 20.4. The zero-order chi connectivity index (χ0) is 14.6. The van der Waals surface area contributed by atoms with Crippen LogP contribution >= 0.6 is 0 Å². The van der Waals surface area contributed by atoms with Gasteiger partial charge in [0.05, 0.1) is 0 Å². The van der Waals surface area contributed by atoms with Crippen molar-refractivity contribution in [2.45, 2.75) is 70.4 Å². The molecule has 0 bridgehead atoms. The van der Waals surface area contributed by atoms with E-state index < -0.39 is 0 Å². The fourth-order valence-electron chi connectivity index (χ4n) is 3.09. The highest BCUT2D eigenvalue weighted by Gasteiger charge is 2.36. The van der Waals surface area contributed by atoms with Crippen LogP contribution < -0.4 is 5.73 Å². The van der Waals surface area contributed by atoms with Crippen LogP contribution in [0.5, 0.6) is 0 Å². The zero-order valence-corrected chi connectivity index (χ0v) is 13.0. The van der Waals surface area contributed by atoms with Crippen LogP contribution in [-0.2, 0) is 16.8 Å². The van der Waals surface area contributed by atoms with E-state index in [0.717, 1.165) is 36.5 Å². The lowest BCUT2D eigenvalue weighted by Gasteiger charge is -2.30. The lowest BCUT2D eigenvalue weighted by molar-refractivity contribution is -0.0354. The van der Waals surface area contributed by atoms with Crippen LogP contribution in [-0.4, -0.2) is 23.1 Å². The predicted molar refractivity (Wildman–Crippen MR) is 80.5 cm³/mol. The van der Waals surface area contributed by atoms with Crippen molar-refractivity contribution in [2.24, 2.45) is 5.73 Å². The Hall–Kier alpha value is -1.00. The first-order valence-corrected chi connectivity index (χ1v) is 7.71. The van der Waals surface area contributed by atoms with Gasteiger partial charge in [-0.1, -0.05) is 25.7 Å². The molecule has 1 saturated carbocycles. The SMILES string of the molecule is COC1(c2nc(C)cc(CC(C)N)n2)CCCCCC1. The van der Waals surface area contributed by atoms with Crippen LogP contribution in [0.2, 0.25) is 0 Å². The van der Waals surface area contributed by atoms with E-state index in [1.54, 1.807) is 7.11 Å². The van der Waals surface area contributed by atoms with Gasteiger partial charge in [0.25, 0.3) is 0 Å². The number of methoxy groups -OCH3 is 1. The van der Waals surface area contributed by atoms with Crippen molar-refractivity contribution in [3.8, 4) is 0 Å². The molecule has 112 valence electrons. The molecule has 2 rings (SSSR count). The average molecular weight is 277 g/mol. The van der Waals surface area contributed by atoms with Gasteiger partial charge in [-0.2, -0.15) is 0 Å². The number of hydrogen-bond donors (Lipinski definition) is 1. The molecule has 1 aliphatic carbocycles. The molecule has 1 unspecified atom stereocenters. The van der Waals surface area contributed by atoms with E-state index in [-0.39, 0.29) is 11.6 Å². The van der Waals surface area contributed by atoms with E-state index in [4.69, 9.17) is 15.5 Å². The third-order valence-corrected chi connectivity index (χ3v) is 4.15. The largest absolute Gasteiger partial charge is 0.370 e. The molecule has 0 aliphatic heterocycles.